The maximum absolute atomic E-state index is 6.19. The average Bonchev–Trinajstić information content (AvgIpc) is 2.74. The fourth-order valence-corrected chi connectivity index (χ4v) is 2.95. The molecule has 1 aromatic heterocycles. The molecule has 0 fully saturated rings. The third-order valence-electron chi connectivity index (χ3n) is 2.20. The van der Waals surface area contributed by atoms with Gasteiger partial charge in [0.05, 0.1) is 6.04 Å². The molecular weight excluding hydrogens is 338 g/mol. The molecule has 1 atom stereocenters. The maximum Gasteiger partial charge on any atom is 0.0571 e. The Morgan fingerprint density at radius 2 is 2.00 bits per heavy atom. The van der Waals surface area contributed by atoms with Crippen molar-refractivity contribution in [3.05, 3.63) is 55.1 Å². The number of halogens is 2. The summed E-state index contributed by atoms with van der Waals surface area (Å²) in [6.45, 7) is 0. The molecule has 2 N–H and O–H groups in total. The van der Waals surface area contributed by atoms with Gasteiger partial charge in [-0.2, -0.15) is 11.3 Å². The second-order valence-electron chi connectivity index (χ2n) is 3.20. The molecule has 15 heavy (non-hydrogen) atoms. The molecule has 0 bridgehead atoms. The van der Waals surface area contributed by atoms with Crippen LogP contribution >= 0.6 is 43.2 Å². The summed E-state index contributed by atoms with van der Waals surface area (Å²) in [7, 11) is 0. The van der Waals surface area contributed by atoms with Crippen LogP contribution in [0, 0.1) is 0 Å². The molecule has 1 unspecified atom stereocenters. The molecule has 2 aromatic rings. The number of thiophene rings is 1. The Kier molecular flexibility index (Phi) is 3.61. The fourth-order valence-electron chi connectivity index (χ4n) is 1.38. The lowest BCUT2D eigenvalue weighted by Gasteiger charge is -2.12. The van der Waals surface area contributed by atoms with Crippen LogP contribution < -0.4 is 5.73 Å². The standard InChI is InChI=1S/C11H9Br2NS/c12-8-1-2-10(13)9(5-8)11(14)7-3-4-15-6-7/h1-6,11H,14H2. The van der Waals surface area contributed by atoms with Gasteiger partial charge in [-0.25, -0.2) is 0 Å². The van der Waals surface area contributed by atoms with E-state index in [9.17, 15) is 0 Å². The molecule has 78 valence electrons. The quantitative estimate of drug-likeness (QED) is 0.860. The number of nitrogens with two attached hydrogens (primary N) is 1. The van der Waals surface area contributed by atoms with Crippen LogP contribution in [-0.4, -0.2) is 0 Å². The summed E-state index contributed by atoms with van der Waals surface area (Å²) in [5.74, 6) is 0. The van der Waals surface area contributed by atoms with E-state index in [2.05, 4.69) is 43.3 Å². The van der Waals surface area contributed by atoms with Crippen molar-refractivity contribution in [3.8, 4) is 0 Å². The first-order valence-electron chi connectivity index (χ1n) is 4.41. The number of hydrogen-bond donors (Lipinski definition) is 1. The molecular formula is C11H9Br2NS. The topological polar surface area (TPSA) is 26.0 Å². The fraction of sp³-hybridized carbons (Fsp3) is 0.0909. The van der Waals surface area contributed by atoms with Gasteiger partial charge < -0.3 is 5.73 Å². The van der Waals surface area contributed by atoms with Crippen LogP contribution in [-0.2, 0) is 0 Å². The van der Waals surface area contributed by atoms with Gasteiger partial charge in [0.1, 0.15) is 0 Å². The second kappa shape index (κ2) is 4.78. The molecule has 0 aliphatic carbocycles. The van der Waals surface area contributed by atoms with Crippen molar-refractivity contribution in [2.45, 2.75) is 6.04 Å². The van der Waals surface area contributed by atoms with Gasteiger partial charge in [-0.15, -0.1) is 0 Å². The van der Waals surface area contributed by atoms with E-state index in [1.165, 1.54) is 0 Å². The number of benzene rings is 1. The van der Waals surface area contributed by atoms with E-state index >= 15 is 0 Å². The third-order valence-corrected chi connectivity index (χ3v) is 4.11. The molecule has 0 amide bonds. The highest BCUT2D eigenvalue weighted by Crippen LogP contribution is 2.30. The van der Waals surface area contributed by atoms with E-state index in [0.717, 1.165) is 20.1 Å². The van der Waals surface area contributed by atoms with Crippen LogP contribution in [0.5, 0.6) is 0 Å². The zero-order valence-corrected chi connectivity index (χ0v) is 11.8. The highest BCUT2D eigenvalue weighted by atomic mass is 79.9. The lowest BCUT2D eigenvalue weighted by molar-refractivity contribution is 0.870. The Morgan fingerprint density at radius 3 is 2.67 bits per heavy atom. The minimum atomic E-state index is -0.0666. The lowest BCUT2D eigenvalue weighted by atomic mass is 10.0. The van der Waals surface area contributed by atoms with Gasteiger partial charge in [0.2, 0.25) is 0 Å². The minimum Gasteiger partial charge on any atom is -0.320 e. The predicted octanol–water partition coefficient (Wildman–Crippen LogP) is 4.32. The SMILES string of the molecule is NC(c1ccsc1)c1cc(Br)ccc1Br. The van der Waals surface area contributed by atoms with Gasteiger partial charge in [0, 0.05) is 8.95 Å². The van der Waals surface area contributed by atoms with Gasteiger partial charge in [-0.3, -0.25) is 0 Å². The summed E-state index contributed by atoms with van der Waals surface area (Å²) in [4.78, 5) is 0. The van der Waals surface area contributed by atoms with Gasteiger partial charge in [0.25, 0.3) is 0 Å². The molecule has 1 aromatic carbocycles. The summed E-state index contributed by atoms with van der Waals surface area (Å²) in [5, 5.41) is 4.12. The number of rotatable bonds is 2. The summed E-state index contributed by atoms with van der Waals surface area (Å²) < 4.78 is 2.09. The highest BCUT2D eigenvalue weighted by molar-refractivity contribution is 9.11. The van der Waals surface area contributed by atoms with Gasteiger partial charge in [-0.05, 0) is 46.2 Å². The molecule has 4 heteroatoms. The van der Waals surface area contributed by atoms with E-state index in [-0.39, 0.29) is 6.04 Å². The lowest BCUT2D eigenvalue weighted by Crippen LogP contribution is -2.11. The van der Waals surface area contributed by atoms with Crippen LogP contribution in [0.15, 0.2) is 44.0 Å². The molecule has 0 saturated carbocycles. The first-order chi connectivity index (χ1) is 7.18. The Bertz CT molecular complexity index is 454. The molecule has 0 aliphatic rings. The Balaban J connectivity index is 2.41. The van der Waals surface area contributed by atoms with E-state index in [0.29, 0.717) is 0 Å². The van der Waals surface area contributed by atoms with Gasteiger partial charge in [0.15, 0.2) is 0 Å². The summed E-state index contributed by atoms with van der Waals surface area (Å²) in [6, 6.07) is 8.04. The van der Waals surface area contributed by atoms with Crippen molar-refractivity contribution in [3.63, 3.8) is 0 Å². The molecule has 0 radical (unpaired) electrons. The molecule has 0 spiro atoms. The second-order valence-corrected chi connectivity index (χ2v) is 5.75. The van der Waals surface area contributed by atoms with Crippen LogP contribution in [0.3, 0.4) is 0 Å². The van der Waals surface area contributed by atoms with Gasteiger partial charge >= 0.3 is 0 Å². The Hall–Kier alpha value is -0.160. The van der Waals surface area contributed by atoms with Crippen LogP contribution in [0.2, 0.25) is 0 Å². The molecule has 2 rings (SSSR count). The third kappa shape index (κ3) is 2.50. The van der Waals surface area contributed by atoms with E-state index in [1.54, 1.807) is 11.3 Å². The minimum absolute atomic E-state index is 0.0666. The van der Waals surface area contributed by atoms with Crippen molar-refractivity contribution in [1.82, 2.24) is 0 Å². The summed E-state index contributed by atoms with van der Waals surface area (Å²) >= 11 is 8.64. The summed E-state index contributed by atoms with van der Waals surface area (Å²) in [6.07, 6.45) is 0. The van der Waals surface area contributed by atoms with Crippen molar-refractivity contribution in [1.29, 1.82) is 0 Å². The van der Waals surface area contributed by atoms with Crippen molar-refractivity contribution in [2.24, 2.45) is 5.73 Å². The van der Waals surface area contributed by atoms with Crippen molar-refractivity contribution in [2.75, 3.05) is 0 Å². The monoisotopic (exact) mass is 345 g/mol. The van der Waals surface area contributed by atoms with Crippen LogP contribution in [0.25, 0.3) is 0 Å². The maximum atomic E-state index is 6.19. The molecule has 1 heterocycles. The normalized spacial score (nSPS) is 12.7. The van der Waals surface area contributed by atoms with E-state index in [4.69, 9.17) is 5.73 Å². The Morgan fingerprint density at radius 1 is 1.20 bits per heavy atom. The van der Waals surface area contributed by atoms with Crippen LogP contribution in [0.1, 0.15) is 17.2 Å². The largest absolute Gasteiger partial charge is 0.320 e. The first-order valence-corrected chi connectivity index (χ1v) is 6.94. The first kappa shape index (κ1) is 11.3. The highest BCUT2D eigenvalue weighted by Gasteiger charge is 2.12. The van der Waals surface area contributed by atoms with Crippen molar-refractivity contribution < 1.29 is 0 Å². The number of hydrogen-bond acceptors (Lipinski definition) is 2. The molecule has 0 saturated heterocycles. The van der Waals surface area contributed by atoms with E-state index < -0.39 is 0 Å². The molecule has 1 nitrogen and oxygen atoms in total. The average molecular weight is 347 g/mol. The zero-order chi connectivity index (χ0) is 10.8. The van der Waals surface area contributed by atoms with Gasteiger partial charge in [-0.1, -0.05) is 31.9 Å². The zero-order valence-electron chi connectivity index (χ0n) is 7.78. The predicted molar refractivity (Wildman–Crippen MR) is 72.2 cm³/mol. The van der Waals surface area contributed by atoms with Crippen LogP contribution in [0.4, 0.5) is 0 Å². The smallest absolute Gasteiger partial charge is 0.0571 e. The summed E-state index contributed by atoms with van der Waals surface area (Å²) in [5.41, 5.74) is 8.44. The Labute approximate surface area is 110 Å². The molecule has 0 aliphatic heterocycles. The van der Waals surface area contributed by atoms with Crippen molar-refractivity contribution >= 4 is 43.2 Å². The van der Waals surface area contributed by atoms with E-state index in [1.807, 2.05) is 23.6 Å².